The number of nitrogens with zero attached hydrogens (tertiary/aromatic N) is 4. The molecule has 7 nitrogen and oxygen atoms in total. The summed E-state index contributed by atoms with van der Waals surface area (Å²) in [5.41, 5.74) is 4.48. The molecule has 0 aliphatic rings. The molecule has 130 valence electrons. The first-order chi connectivity index (χ1) is 11.8. The second-order valence-electron chi connectivity index (χ2n) is 5.94. The Labute approximate surface area is 146 Å². The highest BCUT2D eigenvalue weighted by molar-refractivity contribution is 7.92. The van der Waals surface area contributed by atoms with E-state index in [1.165, 1.54) is 17.1 Å². The van der Waals surface area contributed by atoms with E-state index in [-0.39, 0.29) is 10.8 Å². The zero-order chi connectivity index (χ0) is 18.2. The summed E-state index contributed by atoms with van der Waals surface area (Å²) in [6.07, 6.45) is 2.70. The highest BCUT2D eigenvalue weighted by Gasteiger charge is 2.19. The van der Waals surface area contributed by atoms with Crippen molar-refractivity contribution in [2.75, 3.05) is 4.72 Å². The van der Waals surface area contributed by atoms with Crippen LogP contribution in [0.2, 0.25) is 0 Å². The monoisotopic (exact) mass is 357 g/mol. The average molecular weight is 357 g/mol. The smallest absolute Gasteiger partial charge is 0.267 e. The topological polar surface area (TPSA) is 89.8 Å². The first-order valence-electron chi connectivity index (χ1n) is 7.70. The van der Waals surface area contributed by atoms with Gasteiger partial charge in [-0.15, -0.1) is 0 Å². The molecule has 8 heteroatoms. The number of nitrogens with one attached hydrogen (secondary N) is 1. The van der Waals surface area contributed by atoms with Crippen molar-refractivity contribution in [1.82, 2.24) is 19.7 Å². The lowest BCUT2D eigenvalue weighted by Crippen LogP contribution is -2.15. The number of anilines is 1. The van der Waals surface area contributed by atoms with Gasteiger partial charge in [0.1, 0.15) is 4.90 Å². The Morgan fingerprint density at radius 2 is 1.76 bits per heavy atom. The van der Waals surface area contributed by atoms with Gasteiger partial charge in [-0.3, -0.25) is 4.68 Å². The number of hydrogen-bond donors (Lipinski definition) is 1. The van der Waals surface area contributed by atoms with Gasteiger partial charge in [-0.25, -0.2) is 23.1 Å². The largest absolute Gasteiger partial charge is 0.274 e. The molecule has 2 aromatic heterocycles. The Morgan fingerprint density at radius 3 is 2.36 bits per heavy atom. The number of hydrogen-bond acceptors (Lipinski definition) is 5. The summed E-state index contributed by atoms with van der Waals surface area (Å²) in [4.78, 5) is 8.69. The minimum atomic E-state index is -3.79. The van der Waals surface area contributed by atoms with Crippen LogP contribution in [0.4, 0.5) is 5.95 Å². The van der Waals surface area contributed by atoms with Crippen LogP contribution in [0, 0.1) is 20.8 Å². The van der Waals surface area contributed by atoms with Gasteiger partial charge in [0.2, 0.25) is 5.95 Å². The summed E-state index contributed by atoms with van der Waals surface area (Å²) in [6, 6.07) is 7.82. The van der Waals surface area contributed by atoms with Gasteiger partial charge in [-0.05, 0) is 38.0 Å². The number of sulfonamides is 1. The fourth-order valence-corrected chi connectivity index (χ4v) is 3.60. The van der Waals surface area contributed by atoms with Crippen LogP contribution >= 0.6 is 0 Å². The van der Waals surface area contributed by atoms with E-state index in [2.05, 4.69) is 19.8 Å². The van der Waals surface area contributed by atoms with Crippen molar-refractivity contribution in [2.45, 2.75) is 25.7 Å². The molecule has 0 fully saturated rings. The van der Waals surface area contributed by atoms with Crippen molar-refractivity contribution >= 4 is 16.0 Å². The van der Waals surface area contributed by atoms with Gasteiger partial charge < -0.3 is 0 Å². The molecule has 0 aliphatic carbocycles. The van der Waals surface area contributed by atoms with Crippen molar-refractivity contribution in [3.05, 3.63) is 53.5 Å². The van der Waals surface area contributed by atoms with Gasteiger partial charge in [0.05, 0.1) is 11.9 Å². The molecule has 0 spiro atoms. The molecule has 3 rings (SSSR count). The summed E-state index contributed by atoms with van der Waals surface area (Å²) in [5, 5.41) is 3.89. The fraction of sp³-hybridized carbons (Fsp3) is 0.235. The molecule has 25 heavy (non-hydrogen) atoms. The molecular formula is C17H19N5O2S. The maximum atomic E-state index is 12.5. The highest BCUT2D eigenvalue weighted by atomic mass is 32.2. The predicted molar refractivity (Wildman–Crippen MR) is 95.7 cm³/mol. The Hall–Kier alpha value is -2.74. The summed E-state index contributed by atoms with van der Waals surface area (Å²) < 4.78 is 28.8. The second kappa shape index (κ2) is 6.29. The van der Waals surface area contributed by atoms with E-state index in [0.29, 0.717) is 11.4 Å². The number of aromatic nitrogens is 4. The first-order valence-corrected chi connectivity index (χ1v) is 9.18. The Bertz CT molecular complexity index is 1020. The lowest BCUT2D eigenvalue weighted by molar-refractivity contribution is 0.600. The van der Waals surface area contributed by atoms with E-state index in [1.807, 2.05) is 38.1 Å². The highest BCUT2D eigenvalue weighted by Crippen LogP contribution is 2.27. The molecule has 0 saturated heterocycles. The van der Waals surface area contributed by atoms with Gasteiger partial charge in [0, 0.05) is 24.5 Å². The molecule has 0 saturated carbocycles. The third kappa shape index (κ3) is 3.53. The Morgan fingerprint density at radius 1 is 1.08 bits per heavy atom. The molecule has 1 aromatic carbocycles. The quantitative estimate of drug-likeness (QED) is 0.775. The molecule has 0 amide bonds. The zero-order valence-corrected chi connectivity index (χ0v) is 15.3. The Kier molecular flexibility index (Phi) is 4.30. The van der Waals surface area contributed by atoms with Crippen LogP contribution in [0.3, 0.4) is 0 Å². The van der Waals surface area contributed by atoms with E-state index in [9.17, 15) is 8.42 Å². The fourth-order valence-electron chi connectivity index (χ4n) is 2.68. The Balaban J connectivity index is 2.03. The normalized spacial score (nSPS) is 11.5. The van der Waals surface area contributed by atoms with E-state index in [1.54, 1.807) is 14.0 Å². The molecule has 0 aliphatic heterocycles. The van der Waals surface area contributed by atoms with Crippen LogP contribution < -0.4 is 4.72 Å². The van der Waals surface area contributed by atoms with Gasteiger partial charge in [0.25, 0.3) is 10.0 Å². The van der Waals surface area contributed by atoms with Gasteiger partial charge in [-0.1, -0.05) is 18.2 Å². The van der Waals surface area contributed by atoms with E-state index in [0.717, 1.165) is 16.7 Å². The number of benzene rings is 1. The lowest BCUT2D eigenvalue weighted by Gasteiger charge is -2.12. The van der Waals surface area contributed by atoms with Crippen molar-refractivity contribution in [2.24, 2.45) is 7.05 Å². The summed E-state index contributed by atoms with van der Waals surface area (Å²) in [6.45, 7) is 5.80. The van der Waals surface area contributed by atoms with Crippen molar-refractivity contribution in [3.63, 3.8) is 0 Å². The summed E-state index contributed by atoms with van der Waals surface area (Å²) >= 11 is 0. The van der Waals surface area contributed by atoms with Crippen molar-refractivity contribution in [1.29, 1.82) is 0 Å². The standard InChI is InChI=1S/C17H19N5O2S/c1-11-6-5-7-12(2)16(11)15-8-13(3)19-17(20-15)21-25(23,24)14-9-18-22(4)10-14/h5-10H,1-4H3,(H,19,20,21). The minimum Gasteiger partial charge on any atom is -0.274 e. The molecule has 1 N–H and O–H groups in total. The SMILES string of the molecule is Cc1cc(-c2c(C)cccc2C)nc(NS(=O)(=O)c2cnn(C)c2)n1. The summed E-state index contributed by atoms with van der Waals surface area (Å²) in [7, 11) is -2.13. The van der Waals surface area contributed by atoms with Crippen LogP contribution in [0.1, 0.15) is 16.8 Å². The van der Waals surface area contributed by atoms with Crippen molar-refractivity contribution < 1.29 is 8.42 Å². The third-order valence-electron chi connectivity index (χ3n) is 3.81. The first kappa shape index (κ1) is 17.1. The third-order valence-corrected chi connectivity index (χ3v) is 5.09. The maximum absolute atomic E-state index is 12.5. The molecule has 2 heterocycles. The lowest BCUT2D eigenvalue weighted by atomic mass is 9.99. The summed E-state index contributed by atoms with van der Waals surface area (Å²) in [5.74, 6) is 0.0431. The van der Waals surface area contributed by atoms with E-state index in [4.69, 9.17) is 0 Å². The maximum Gasteiger partial charge on any atom is 0.267 e. The van der Waals surface area contributed by atoms with E-state index < -0.39 is 10.0 Å². The number of rotatable bonds is 4. The van der Waals surface area contributed by atoms with Crippen LogP contribution in [0.25, 0.3) is 11.3 Å². The zero-order valence-electron chi connectivity index (χ0n) is 14.5. The van der Waals surface area contributed by atoms with Gasteiger partial charge in [0.15, 0.2) is 0 Å². The van der Waals surface area contributed by atoms with Gasteiger partial charge in [-0.2, -0.15) is 5.10 Å². The molecule has 0 atom stereocenters. The average Bonchev–Trinajstić information content (AvgIpc) is 2.93. The van der Waals surface area contributed by atoms with Crippen LogP contribution in [-0.4, -0.2) is 28.2 Å². The molecule has 0 bridgehead atoms. The van der Waals surface area contributed by atoms with Crippen LogP contribution in [0.5, 0.6) is 0 Å². The van der Waals surface area contributed by atoms with Crippen LogP contribution in [0.15, 0.2) is 41.6 Å². The van der Waals surface area contributed by atoms with Crippen LogP contribution in [-0.2, 0) is 17.1 Å². The molecule has 0 radical (unpaired) electrons. The van der Waals surface area contributed by atoms with Crippen molar-refractivity contribution in [3.8, 4) is 11.3 Å². The van der Waals surface area contributed by atoms with E-state index >= 15 is 0 Å². The molecule has 0 unspecified atom stereocenters. The van der Waals surface area contributed by atoms with Gasteiger partial charge >= 0.3 is 0 Å². The predicted octanol–water partition coefficient (Wildman–Crippen LogP) is 2.60. The second-order valence-corrected chi connectivity index (χ2v) is 7.62. The molecular weight excluding hydrogens is 338 g/mol. The minimum absolute atomic E-state index is 0.0431. The molecule has 3 aromatic rings. The number of aryl methyl sites for hydroxylation is 4.